The Bertz CT molecular complexity index is 446. The van der Waals surface area contributed by atoms with E-state index in [1.54, 1.807) is 0 Å². The van der Waals surface area contributed by atoms with Gasteiger partial charge in [0.1, 0.15) is 0 Å². The standard InChI is InChI=1S/C15H21NO/c1-9(2)12-6-5-11-7-8-16-15(17)14(11)13(12)10(3)4/h5-6,9-10H,7-8H2,1-4H3,(H,16,17). The zero-order valence-corrected chi connectivity index (χ0v) is 11.1. The van der Waals surface area contributed by atoms with Gasteiger partial charge in [-0.3, -0.25) is 4.79 Å². The Labute approximate surface area is 103 Å². The molecule has 17 heavy (non-hydrogen) atoms. The molecule has 1 N–H and O–H groups in total. The van der Waals surface area contributed by atoms with Crippen LogP contribution in [0.15, 0.2) is 12.1 Å². The molecule has 0 radical (unpaired) electrons. The Morgan fingerprint density at radius 2 is 1.82 bits per heavy atom. The van der Waals surface area contributed by atoms with E-state index in [0.29, 0.717) is 11.8 Å². The van der Waals surface area contributed by atoms with Crippen molar-refractivity contribution in [2.24, 2.45) is 0 Å². The number of carbonyl (C=O) groups is 1. The second-order valence-corrected chi connectivity index (χ2v) is 5.42. The lowest BCUT2D eigenvalue weighted by Gasteiger charge is -2.25. The summed E-state index contributed by atoms with van der Waals surface area (Å²) in [7, 11) is 0. The number of benzene rings is 1. The van der Waals surface area contributed by atoms with Crippen molar-refractivity contribution in [2.45, 2.75) is 46.0 Å². The van der Waals surface area contributed by atoms with E-state index >= 15 is 0 Å². The lowest BCUT2D eigenvalue weighted by molar-refractivity contribution is 0.0944. The summed E-state index contributed by atoms with van der Waals surface area (Å²) in [5.74, 6) is 0.969. The van der Waals surface area contributed by atoms with E-state index in [-0.39, 0.29) is 5.91 Å². The first-order valence-electron chi connectivity index (χ1n) is 6.46. The van der Waals surface area contributed by atoms with E-state index in [2.05, 4.69) is 45.1 Å². The van der Waals surface area contributed by atoms with Gasteiger partial charge in [0.15, 0.2) is 0 Å². The maximum Gasteiger partial charge on any atom is 0.251 e. The number of fused-ring (bicyclic) bond motifs is 1. The molecule has 0 unspecified atom stereocenters. The van der Waals surface area contributed by atoms with Gasteiger partial charge in [-0.15, -0.1) is 0 Å². The predicted molar refractivity (Wildman–Crippen MR) is 70.7 cm³/mol. The Morgan fingerprint density at radius 1 is 1.12 bits per heavy atom. The SMILES string of the molecule is CC(C)c1ccc2c(c1C(C)C)C(=O)NCC2. The van der Waals surface area contributed by atoms with Crippen LogP contribution in [0.1, 0.15) is 66.6 Å². The van der Waals surface area contributed by atoms with Crippen LogP contribution < -0.4 is 5.32 Å². The van der Waals surface area contributed by atoms with E-state index in [4.69, 9.17) is 0 Å². The van der Waals surface area contributed by atoms with Gasteiger partial charge in [-0.25, -0.2) is 0 Å². The summed E-state index contributed by atoms with van der Waals surface area (Å²) in [6.07, 6.45) is 0.958. The van der Waals surface area contributed by atoms with Crippen LogP contribution in [0.3, 0.4) is 0 Å². The van der Waals surface area contributed by atoms with E-state index in [1.807, 2.05) is 0 Å². The summed E-state index contributed by atoms with van der Waals surface area (Å²) in [5.41, 5.74) is 4.71. The minimum Gasteiger partial charge on any atom is -0.352 e. The molecule has 1 amide bonds. The Morgan fingerprint density at radius 3 is 2.41 bits per heavy atom. The highest BCUT2D eigenvalue weighted by Gasteiger charge is 2.24. The third kappa shape index (κ3) is 2.08. The molecule has 2 heteroatoms. The molecule has 0 spiro atoms. The van der Waals surface area contributed by atoms with E-state index in [9.17, 15) is 4.79 Å². The van der Waals surface area contributed by atoms with Gasteiger partial charge in [0.2, 0.25) is 0 Å². The Balaban J connectivity index is 2.68. The van der Waals surface area contributed by atoms with Crippen LogP contribution in [-0.4, -0.2) is 12.5 Å². The van der Waals surface area contributed by atoms with Gasteiger partial charge < -0.3 is 5.32 Å². The van der Waals surface area contributed by atoms with Crippen LogP contribution in [0.5, 0.6) is 0 Å². The number of nitrogens with one attached hydrogen (secondary N) is 1. The fraction of sp³-hybridized carbons (Fsp3) is 0.533. The van der Waals surface area contributed by atoms with Crippen molar-refractivity contribution in [3.05, 3.63) is 34.4 Å². The smallest absolute Gasteiger partial charge is 0.251 e. The van der Waals surface area contributed by atoms with Gasteiger partial charge >= 0.3 is 0 Å². The highest BCUT2D eigenvalue weighted by Crippen LogP contribution is 2.32. The molecule has 0 atom stereocenters. The van der Waals surface area contributed by atoms with Crippen LogP contribution >= 0.6 is 0 Å². The van der Waals surface area contributed by atoms with Crippen molar-refractivity contribution in [1.82, 2.24) is 5.32 Å². The summed E-state index contributed by atoms with van der Waals surface area (Å²) in [4.78, 5) is 12.1. The first kappa shape index (κ1) is 12.2. The molecule has 1 heterocycles. The van der Waals surface area contributed by atoms with Crippen LogP contribution in [0, 0.1) is 0 Å². The summed E-state index contributed by atoms with van der Waals surface area (Å²) in [6, 6.07) is 4.34. The predicted octanol–water partition coefficient (Wildman–Crippen LogP) is 3.22. The van der Waals surface area contributed by atoms with E-state index in [0.717, 1.165) is 18.5 Å². The van der Waals surface area contributed by atoms with E-state index in [1.165, 1.54) is 16.7 Å². The molecule has 2 nitrogen and oxygen atoms in total. The highest BCUT2D eigenvalue weighted by atomic mass is 16.1. The molecule has 1 aliphatic rings. The molecule has 92 valence electrons. The van der Waals surface area contributed by atoms with Crippen molar-refractivity contribution in [1.29, 1.82) is 0 Å². The average molecular weight is 231 g/mol. The Hall–Kier alpha value is -1.31. The summed E-state index contributed by atoms with van der Waals surface area (Å²) < 4.78 is 0. The zero-order valence-electron chi connectivity index (χ0n) is 11.1. The van der Waals surface area contributed by atoms with Gasteiger partial charge in [-0.2, -0.15) is 0 Å². The number of rotatable bonds is 2. The monoisotopic (exact) mass is 231 g/mol. The number of amides is 1. The molecule has 0 saturated carbocycles. The normalized spacial score (nSPS) is 15.1. The van der Waals surface area contributed by atoms with Gasteiger partial charge in [0.05, 0.1) is 0 Å². The topological polar surface area (TPSA) is 29.1 Å². The molecule has 1 aromatic carbocycles. The third-order valence-electron chi connectivity index (χ3n) is 3.47. The van der Waals surface area contributed by atoms with Gasteiger partial charge in [-0.05, 0) is 34.9 Å². The van der Waals surface area contributed by atoms with Crippen molar-refractivity contribution >= 4 is 5.91 Å². The van der Waals surface area contributed by atoms with Crippen molar-refractivity contribution in [2.75, 3.05) is 6.54 Å². The number of carbonyl (C=O) groups excluding carboxylic acids is 1. The summed E-state index contributed by atoms with van der Waals surface area (Å²) in [5, 5.41) is 2.96. The fourth-order valence-electron chi connectivity index (χ4n) is 2.68. The second kappa shape index (κ2) is 4.52. The van der Waals surface area contributed by atoms with Crippen LogP contribution in [0.2, 0.25) is 0 Å². The maximum absolute atomic E-state index is 12.1. The number of hydrogen-bond donors (Lipinski definition) is 1. The minimum atomic E-state index is 0.109. The quantitative estimate of drug-likeness (QED) is 0.832. The van der Waals surface area contributed by atoms with Crippen molar-refractivity contribution in [3.8, 4) is 0 Å². The zero-order chi connectivity index (χ0) is 12.6. The fourth-order valence-corrected chi connectivity index (χ4v) is 2.68. The molecule has 2 rings (SSSR count). The second-order valence-electron chi connectivity index (χ2n) is 5.42. The van der Waals surface area contributed by atoms with Gasteiger partial charge in [0, 0.05) is 12.1 Å². The lowest BCUT2D eigenvalue weighted by Crippen LogP contribution is -2.33. The molecule has 1 aromatic rings. The van der Waals surface area contributed by atoms with Gasteiger partial charge in [-0.1, -0.05) is 39.8 Å². The molecule has 1 aliphatic heterocycles. The number of hydrogen-bond acceptors (Lipinski definition) is 1. The molecule has 0 fully saturated rings. The molecule has 0 bridgehead atoms. The minimum absolute atomic E-state index is 0.109. The summed E-state index contributed by atoms with van der Waals surface area (Å²) in [6.45, 7) is 9.49. The Kier molecular flexibility index (Phi) is 3.23. The molecule has 0 saturated heterocycles. The van der Waals surface area contributed by atoms with Crippen LogP contribution in [0.4, 0.5) is 0 Å². The van der Waals surface area contributed by atoms with Crippen molar-refractivity contribution < 1.29 is 4.79 Å². The average Bonchev–Trinajstić information content (AvgIpc) is 2.27. The van der Waals surface area contributed by atoms with E-state index < -0.39 is 0 Å². The van der Waals surface area contributed by atoms with Crippen LogP contribution in [0.25, 0.3) is 0 Å². The first-order chi connectivity index (χ1) is 8.02. The highest BCUT2D eigenvalue weighted by molar-refractivity contribution is 5.98. The maximum atomic E-state index is 12.1. The van der Waals surface area contributed by atoms with Gasteiger partial charge in [0.25, 0.3) is 5.91 Å². The molecule has 0 aliphatic carbocycles. The first-order valence-corrected chi connectivity index (χ1v) is 6.46. The molecule has 0 aromatic heterocycles. The third-order valence-corrected chi connectivity index (χ3v) is 3.47. The largest absolute Gasteiger partial charge is 0.352 e. The molecular formula is C15H21NO. The molecular weight excluding hydrogens is 210 g/mol. The summed E-state index contributed by atoms with van der Waals surface area (Å²) >= 11 is 0. The van der Waals surface area contributed by atoms with Crippen LogP contribution in [-0.2, 0) is 6.42 Å². The lowest BCUT2D eigenvalue weighted by atomic mass is 9.82. The van der Waals surface area contributed by atoms with Crippen molar-refractivity contribution in [3.63, 3.8) is 0 Å².